The summed E-state index contributed by atoms with van der Waals surface area (Å²) in [5.74, 6) is 0.257. The van der Waals surface area contributed by atoms with Crippen LogP contribution in [0.3, 0.4) is 0 Å². The van der Waals surface area contributed by atoms with Crippen molar-refractivity contribution >= 4 is 5.97 Å². The molecule has 144 valence electrons. The van der Waals surface area contributed by atoms with E-state index in [0.717, 1.165) is 31.7 Å². The summed E-state index contributed by atoms with van der Waals surface area (Å²) in [6.07, 6.45) is 5.21. The molecule has 1 atom stereocenters. The topological polar surface area (TPSA) is 62.2 Å². The van der Waals surface area contributed by atoms with Gasteiger partial charge in [0.15, 0.2) is 11.5 Å². The van der Waals surface area contributed by atoms with E-state index in [1.54, 1.807) is 14.2 Å². The lowest BCUT2D eigenvalue weighted by atomic mass is 9.99. The van der Waals surface area contributed by atoms with Crippen molar-refractivity contribution in [3.63, 3.8) is 0 Å². The number of benzene rings is 1. The number of ether oxygens (including phenoxy) is 2. The van der Waals surface area contributed by atoms with E-state index in [2.05, 4.69) is 9.80 Å². The van der Waals surface area contributed by atoms with Gasteiger partial charge in [-0.15, -0.1) is 0 Å². The van der Waals surface area contributed by atoms with Gasteiger partial charge in [-0.2, -0.15) is 0 Å². The first-order valence-corrected chi connectivity index (χ1v) is 9.48. The van der Waals surface area contributed by atoms with Gasteiger partial charge >= 0.3 is 5.97 Å². The molecular weight excluding hydrogens is 332 g/mol. The van der Waals surface area contributed by atoms with Crippen LogP contribution in [0, 0.1) is 6.92 Å². The van der Waals surface area contributed by atoms with Crippen LogP contribution in [0.25, 0.3) is 0 Å². The van der Waals surface area contributed by atoms with E-state index < -0.39 is 12.0 Å². The molecule has 0 radical (unpaired) electrons. The lowest BCUT2D eigenvalue weighted by Crippen LogP contribution is -2.51. The standard InChI is InChI=1S/C20H30N2O4/c1-14-12-16(19(26-3)17(13-14)25-2)18(20(23)24)22-10-8-21(9-11-22)15-6-4-5-7-15/h12-13,15,18H,4-11H2,1-3H3,(H,23,24)/t18-/m1/s1. The van der Waals surface area contributed by atoms with Crippen LogP contribution >= 0.6 is 0 Å². The Kier molecular flexibility index (Phi) is 6.04. The smallest absolute Gasteiger partial charge is 0.325 e. The summed E-state index contributed by atoms with van der Waals surface area (Å²) in [4.78, 5) is 16.8. The average Bonchev–Trinajstić information content (AvgIpc) is 3.16. The van der Waals surface area contributed by atoms with Crippen LogP contribution in [0.2, 0.25) is 0 Å². The Labute approximate surface area is 155 Å². The lowest BCUT2D eigenvalue weighted by Gasteiger charge is -2.40. The summed E-state index contributed by atoms with van der Waals surface area (Å²) < 4.78 is 10.9. The molecule has 1 aliphatic heterocycles. The van der Waals surface area contributed by atoms with Gasteiger partial charge in [0.05, 0.1) is 14.2 Å². The molecule has 3 rings (SSSR count). The quantitative estimate of drug-likeness (QED) is 0.840. The van der Waals surface area contributed by atoms with Crippen LogP contribution in [-0.2, 0) is 4.79 Å². The molecule has 0 amide bonds. The van der Waals surface area contributed by atoms with Gasteiger partial charge in [-0.05, 0) is 37.5 Å². The van der Waals surface area contributed by atoms with Gasteiger partial charge in [0.25, 0.3) is 0 Å². The van der Waals surface area contributed by atoms with E-state index in [4.69, 9.17) is 9.47 Å². The van der Waals surface area contributed by atoms with E-state index in [-0.39, 0.29) is 0 Å². The van der Waals surface area contributed by atoms with Gasteiger partial charge in [0.2, 0.25) is 0 Å². The molecule has 2 fully saturated rings. The third kappa shape index (κ3) is 3.81. The fourth-order valence-corrected chi connectivity index (χ4v) is 4.46. The van der Waals surface area contributed by atoms with E-state index in [0.29, 0.717) is 23.1 Å². The Hall–Kier alpha value is -1.79. The Balaban J connectivity index is 1.82. The minimum absolute atomic E-state index is 0.517. The van der Waals surface area contributed by atoms with Gasteiger partial charge in [-0.3, -0.25) is 14.6 Å². The Morgan fingerprint density at radius 1 is 1.12 bits per heavy atom. The van der Waals surface area contributed by atoms with Crippen LogP contribution in [0.4, 0.5) is 0 Å². The summed E-state index contributed by atoms with van der Waals surface area (Å²) >= 11 is 0. The number of hydrogen-bond acceptors (Lipinski definition) is 5. The summed E-state index contributed by atoms with van der Waals surface area (Å²) in [5.41, 5.74) is 1.64. The SMILES string of the molecule is COc1cc(C)cc([C@H](C(=O)O)N2CCN(C3CCCC3)CC2)c1OC. The Morgan fingerprint density at radius 3 is 2.31 bits per heavy atom. The number of aliphatic carboxylic acids is 1. The lowest BCUT2D eigenvalue weighted by molar-refractivity contribution is -0.144. The largest absolute Gasteiger partial charge is 0.493 e. The summed E-state index contributed by atoms with van der Waals surface area (Å²) in [7, 11) is 3.14. The number of carboxylic acid groups (broad SMARTS) is 1. The number of hydrogen-bond donors (Lipinski definition) is 1. The number of piperazine rings is 1. The highest BCUT2D eigenvalue weighted by Crippen LogP contribution is 2.39. The number of carbonyl (C=O) groups is 1. The monoisotopic (exact) mass is 362 g/mol. The first kappa shape index (κ1) is 19.0. The van der Waals surface area contributed by atoms with Crippen LogP contribution in [0.15, 0.2) is 12.1 Å². The molecule has 1 saturated carbocycles. The van der Waals surface area contributed by atoms with Gasteiger partial charge in [-0.1, -0.05) is 12.8 Å². The predicted molar refractivity (Wildman–Crippen MR) is 100 cm³/mol. The Morgan fingerprint density at radius 2 is 1.77 bits per heavy atom. The molecule has 0 unspecified atom stereocenters. The van der Waals surface area contributed by atoms with Gasteiger partial charge < -0.3 is 14.6 Å². The van der Waals surface area contributed by atoms with Crippen molar-refractivity contribution in [3.05, 3.63) is 23.3 Å². The maximum absolute atomic E-state index is 12.2. The second kappa shape index (κ2) is 8.27. The third-order valence-corrected chi connectivity index (χ3v) is 5.74. The van der Waals surface area contributed by atoms with Crippen molar-refractivity contribution in [1.82, 2.24) is 9.80 Å². The molecule has 1 aromatic rings. The van der Waals surface area contributed by atoms with Crippen molar-refractivity contribution in [2.75, 3.05) is 40.4 Å². The number of aryl methyl sites for hydroxylation is 1. The molecular formula is C20H30N2O4. The molecule has 1 N–H and O–H groups in total. The number of nitrogens with zero attached hydrogens (tertiary/aromatic N) is 2. The van der Waals surface area contributed by atoms with Crippen LogP contribution in [0.5, 0.6) is 11.5 Å². The summed E-state index contributed by atoms with van der Waals surface area (Å²) in [6.45, 7) is 5.32. The highest BCUT2D eigenvalue weighted by Gasteiger charge is 2.35. The molecule has 2 aliphatic rings. The van der Waals surface area contributed by atoms with Crippen molar-refractivity contribution in [2.45, 2.75) is 44.7 Å². The summed E-state index contributed by atoms with van der Waals surface area (Å²) in [6, 6.07) is 3.75. The zero-order chi connectivity index (χ0) is 18.7. The molecule has 1 aliphatic carbocycles. The molecule has 1 aromatic carbocycles. The molecule has 26 heavy (non-hydrogen) atoms. The van der Waals surface area contributed by atoms with E-state index >= 15 is 0 Å². The first-order chi connectivity index (χ1) is 12.5. The third-order valence-electron chi connectivity index (χ3n) is 5.74. The molecule has 0 spiro atoms. The normalized spacial score (nSPS) is 20.9. The van der Waals surface area contributed by atoms with E-state index in [1.807, 2.05) is 19.1 Å². The molecule has 1 saturated heterocycles. The number of rotatable bonds is 6. The predicted octanol–water partition coefficient (Wildman–Crippen LogP) is 2.70. The van der Waals surface area contributed by atoms with Crippen molar-refractivity contribution < 1.29 is 19.4 Å². The molecule has 0 aromatic heterocycles. The van der Waals surface area contributed by atoms with Gasteiger partial charge in [0.1, 0.15) is 6.04 Å². The summed E-state index contributed by atoms with van der Waals surface area (Å²) in [5, 5.41) is 9.98. The van der Waals surface area contributed by atoms with Crippen LogP contribution in [-0.4, -0.2) is 67.3 Å². The minimum atomic E-state index is -0.842. The van der Waals surface area contributed by atoms with E-state index in [1.165, 1.54) is 25.7 Å². The van der Waals surface area contributed by atoms with Gasteiger partial charge in [-0.25, -0.2) is 0 Å². The minimum Gasteiger partial charge on any atom is -0.493 e. The Bertz CT molecular complexity index is 635. The second-order valence-electron chi connectivity index (χ2n) is 7.34. The van der Waals surface area contributed by atoms with Crippen LogP contribution in [0.1, 0.15) is 42.9 Å². The zero-order valence-corrected chi connectivity index (χ0v) is 16.0. The fraction of sp³-hybridized carbons (Fsp3) is 0.650. The molecule has 1 heterocycles. The highest BCUT2D eigenvalue weighted by atomic mass is 16.5. The van der Waals surface area contributed by atoms with Crippen LogP contribution < -0.4 is 9.47 Å². The highest BCUT2D eigenvalue weighted by molar-refractivity contribution is 5.77. The number of carboxylic acids is 1. The maximum Gasteiger partial charge on any atom is 0.325 e. The van der Waals surface area contributed by atoms with Crippen molar-refractivity contribution in [2.24, 2.45) is 0 Å². The maximum atomic E-state index is 12.2. The zero-order valence-electron chi connectivity index (χ0n) is 16.0. The molecule has 6 heteroatoms. The fourth-order valence-electron chi connectivity index (χ4n) is 4.46. The van der Waals surface area contributed by atoms with E-state index in [9.17, 15) is 9.90 Å². The molecule has 6 nitrogen and oxygen atoms in total. The average molecular weight is 362 g/mol. The first-order valence-electron chi connectivity index (χ1n) is 9.48. The number of methoxy groups -OCH3 is 2. The van der Waals surface area contributed by atoms with Crippen molar-refractivity contribution in [1.29, 1.82) is 0 Å². The molecule has 0 bridgehead atoms. The second-order valence-corrected chi connectivity index (χ2v) is 7.34. The van der Waals surface area contributed by atoms with Gasteiger partial charge in [0, 0.05) is 37.8 Å². The van der Waals surface area contributed by atoms with Crippen molar-refractivity contribution in [3.8, 4) is 11.5 Å².